The predicted molar refractivity (Wildman–Crippen MR) is 75.0 cm³/mol. The quantitative estimate of drug-likeness (QED) is 0.764. The van der Waals surface area contributed by atoms with Gasteiger partial charge in [-0.3, -0.25) is 4.79 Å². The third-order valence-corrected chi connectivity index (χ3v) is 3.26. The summed E-state index contributed by atoms with van der Waals surface area (Å²) >= 11 is 0. The Hall–Kier alpha value is -1.55. The van der Waals surface area contributed by atoms with Crippen molar-refractivity contribution in [2.45, 2.75) is 32.7 Å². The molecule has 4 heteroatoms. The van der Waals surface area contributed by atoms with Crippen LogP contribution in [-0.2, 0) is 4.79 Å². The van der Waals surface area contributed by atoms with E-state index >= 15 is 0 Å². The summed E-state index contributed by atoms with van der Waals surface area (Å²) in [6.07, 6.45) is 2.49. The van der Waals surface area contributed by atoms with Gasteiger partial charge in [-0.2, -0.15) is 0 Å². The molecule has 0 bridgehead atoms. The minimum absolute atomic E-state index is 0.0345. The lowest BCUT2D eigenvalue weighted by Gasteiger charge is -2.14. The van der Waals surface area contributed by atoms with E-state index in [0.717, 1.165) is 30.0 Å². The molecule has 1 aliphatic rings. The van der Waals surface area contributed by atoms with E-state index in [1.54, 1.807) is 0 Å². The zero-order valence-electron chi connectivity index (χ0n) is 11.0. The van der Waals surface area contributed by atoms with Crippen LogP contribution in [0.4, 0.5) is 11.4 Å². The van der Waals surface area contributed by atoms with Crippen LogP contribution in [-0.4, -0.2) is 25.0 Å². The summed E-state index contributed by atoms with van der Waals surface area (Å²) in [6.45, 7) is 5.58. The zero-order chi connectivity index (χ0) is 13.0. The van der Waals surface area contributed by atoms with Gasteiger partial charge in [0.1, 0.15) is 0 Å². The van der Waals surface area contributed by atoms with Crippen molar-refractivity contribution < 1.29 is 4.79 Å². The number of rotatable bonds is 4. The molecule has 0 aliphatic carbocycles. The Balaban J connectivity index is 1.97. The van der Waals surface area contributed by atoms with Gasteiger partial charge in [-0.05, 0) is 44.0 Å². The van der Waals surface area contributed by atoms with E-state index in [1.807, 2.05) is 19.1 Å². The number of hydrogen-bond donors (Lipinski definition) is 3. The average Bonchev–Trinajstić information content (AvgIpc) is 2.82. The van der Waals surface area contributed by atoms with E-state index in [0.29, 0.717) is 6.04 Å². The molecule has 0 spiro atoms. The van der Waals surface area contributed by atoms with Gasteiger partial charge in [0.05, 0.1) is 0 Å². The first-order valence-corrected chi connectivity index (χ1v) is 6.50. The number of carbonyl (C=O) groups excluding carboxylic acids is 1. The first kappa shape index (κ1) is 12.9. The van der Waals surface area contributed by atoms with Crippen molar-refractivity contribution in [1.29, 1.82) is 0 Å². The molecule has 1 amide bonds. The van der Waals surface area contributed by atoms with Gasteiger partial charge >= 0.3 is 0 Å². The van der Waals surface area contributed by atoms with Crippen molar-refractivity contribution >= 4 is 17.3 Å². The predicted octanol–water partition coefficient (Wildman–Crippen LogP) is 2.12. The van der Waals surface area contributed by atoms with E-state index in [2.05, 4.69) is 22.0 Å². The summed E-state index contributed by atoms with van der Waals surface area (Å²) in [6, 6.07) is 6.63. The van der Waals surface area contributed by atoms with Gasteiger partial charge < -0.3 is 16.0 Å². The molecule has 3 N–H and O–H groups in total. The topological polar surface area (TPSA) is 53.2 Å². The van der Waals surface area contributed by atoms with Gasteiger partial charge in [-0.1, -0.05) is 6.07 Å². The number of benzene rings is 1. The Morgan fingerprint density at radius 2 is 2.33 bits per heavy atom. The first-order chi connectivity index (χ1) is 8.65. The molecular weight excluding hydrogens is 226 g/mol. The van der Waals surface area contributed by atoms with Gasteiger partial charge in [0.15, 0.2) is 0 Å². The fourth-order valence-electron chi connectivity index (χ4n) is 2.23. The minimum Gasteiger partial charge on any atom is -0.383 e. The van der Waals surface area contributed by atoms with Crippen molar-refractivity contribution in [3.63, 3.8) is 0 Å². The SMILES string of the molecule is CC(=O)Nc1cc(NCC2CCCN2)ccc1C. The Morgan fingerprint density at radius 3 is 3.00 bits per heavy atom. The lowest BCUT2D eigenvalue weighted by molar-refractivity contribution is -0.114. The molecule has 18 heavy (non-hydrogen) atoms. The molecule has 2 rings (SSSR count). The number of hydrogen-bond acceptors (Lipinski definition) is 3. The molecule has 0 radical (unpaired) electrons. The van der Waals surface area contributed by atoms with Crippen LogP contribution < -0.4 is 16.0 Å². The van der Waals surface area contributed by atoms with Gasteiger partial charge in [0.25, 0.3) is 0 Å². The number of anilines is 2. The Labute approximate surface area is 108 Å². The van der Waals surface area contributed by atoms with Crippen molar-refractivity contribution in [1.82, 2.24) is 5.32 Å². The standard InChI is InChI=1S/C14H21N3O/c1-10-5-6-12(8-14(10)17-11(2)18)16-9-13-4-3-7-15-13/h5-6,8,13,15-16H,3-4,7,9H2,1-2H3,(H,17,18). The summed E-state index contributed by atoms with van der Waals surface area (Å²) in [5, 5.41) is 9.71. The van der Waals surface area contributed by atoms with Crippen LogP contribution in [0.5, 0.6) is 0 Å². The molecule has 4 nitrogen and oxygen atoms in total. The van der Waals surface area contributed by atoms with Crippen LogP contribution in [0.15, 0.2) is 18.2 Å². The molecule has 1 unspecified atom stereocenters. The van der Waals surface area contributed by atoms with Crippen molar-refractivity contribution in [2.24, 2.45) is 0 Å². The fraction of sp³-hybridized carbons (Fsp3) is 0.500. The lowest BCUT2D eigenvalue weighted by atomic mass is 10.1. The van der Waals surface area contributed by atoms with E-state index in [1.165, 1.54) is 19.8 Å². The molecular formula is C14H21N3O. The highest BCUT2D eigenvalue weighted by Gasteiger charge is 2.13. The lowest BCUT2D eigenvalue weighted by Crippen LogP contribution is -2.29. The summed E-state index contributed by atoms with van der Waals surface area (Å²) in [5.74, 6) is -0.0345. The summed E-state index contributed by atoms with van der Waals surface area (Å²) < 4.78 is 0. The molecule has 1 fully saturated rings. The Bertz CT molecular complexity index is 425. The molecule has 1 aromatic carbocycles. The second-order valence-corrected chi connectivity index (χ2v) is 4.89. The maximum atomic E-state index is 11.1. The van der Waals surface area contributed by atoms with E-state index in [9.17, 15) is 4.79 Å². The highest BCUT2D eigenvalue weighted by atomic mass is 16.1. The van der Waals surface area contributed by atoms with Crippen LogP contribution in [0.25, 0.3) is 0 Å². The highest BCUT2D eigenvalue weighted by molar-refractivity contribution is 5.90. The molecule has 98 valence electrons. The second-order valence-electron chi connectivity index (χ2n) is 4.89. The maximum absolute atomic E-state index is 11.1. The maximum Gasteiger partial charge on any atom is 0.221 e. The second kappa shape index (κ2) is 5.87. The van der Waals surface area contributed by atoms with Gasteiger partial charge in [0, 0.05) is 30.9 Å². The Morgan fingerprint density at radius 1 is 1.50 bits per heavy atom. The van der Waals surface area contributed by atoms with Crippen molar-refractivity contribution in [3.8, 4) is 0 Å². The van der Waals surface area contributed by atoms with Gasteiger partial charge in [-0.25, -0.2) is 0 Å². The van der Waals surface area contributed by atoms with Crippen LogP contribution in [0.3, 0.4) is 0 Å². The van der Waals surface area contributed by atoms with E-state index in [4.69, 9.17) is 0 Å². The summed E-state index contributed by atoms with van der Waals surface area (Å²) in [4.78, 5) is 11.1. The summed E-state index contributed by atoms with van der Waals surface area (Å²) in [7, 11) is 0. The molecule has 1 aliphatic heterocycles. The average molecular weight is 247 g/mol. The zero-order valence-corrected chi connectivity index (χ0v) is 11.0. The molecule has 0 aromatic heterocycles. The fourth-order valence-corrected chi connectivity index (χ4v) is 2.23. The smallest absolute Gasteiger partial charge is 0.221 e. The van der Waals surface area contributed by atoms with Crippen LogP contribution in [0, 0.1) is 6.92 Å². The van der Waals surface area contributed by atoms with Crippen LogP contribution >= 0.6 is 0 Å². The molecule has 1 saturated heterocycles. The van der Waals surface area contributed by atoms with Crippen LogP contribution in [0.1, 0.15) is 25.3 Å². The molecule has 1 aromatic rings. The van der Waals surface area contributed by atoms with Crippen molar-refractivity contribution in [2.75, 3.05) is 23.7 Å². The van der Waals surface area contributed by atoms with E-state index < -0.39 is 0 Å². The highest BCUT2D eigenvalue weighted by Crippen LogP contribution is 2.20. The monoisotopic (exact) mass is 247 g/mol. The summed E-state index contributed by atoms with van der Waals surface area (Å²) in [5.41, 5.74) is 3.01. The normalized spacial score (nSPS) is 18.7. The Kier molecular flexibility index (Phi) is 4.20. The van der Waals surface area contributed by atoms with Crippen LogP contribution in [0.2, 0.25) is 0 Å². The number of nitrogens with one attached hydrogen (secondary N) is 3. The van der Waals surface area contributed by atoms with Gasteiger partial charge in [0.2, 0.25) is 5.91 Å². The minimum atomic E-state index is -0.0345. The molecule has 1 atom stereocenters. The molecule has 1 heterocycles. The van der Waals surface area contributed by atoms with Crippen molar-refractivity contribution in [3.05, 3.63) is 23.8 Å². The largest absolute Gasteiger partial charge is 0.383 e. The number of amides is 1. The molecule has 0 saturated carbocycles. The van der Waals surface area contributed by atoms with E-state index in [-0.39, 0.29) is 5.91 Å². The first-order valence-electron chi connectivity index (χ1n) is 6.50. The third-order valence-electron chi connectivity index (χ3n) is 3.26. The number of carbonyl (C=O) groups is 1. The number of aryl methyl sites for hydroxylation is 1. The third kappa shape index (κ3) is 3.47. The van der Waals surface area contributed by atoms with Gasteiger partial charge in [-0.15, -0.1) is 0 Å².